The number of benzene rings is 1. The normalized spacial score (nSPS) is 16.3. The molecule has 0 unspecified atom stereocenters. The highest BCUT2D eigenvalue weighted by molar-refractivity contribution is 5.52. The summed E-state index contributed by atoms with van der Waals surface area (Å²) in [4.78, 5) is 8.72. The fourth-order valence-corrected chi connectivity index (χ4v) is 2.58. The highest BCUT2D eigenvalue weighted by atomic mass is 19.1. The fourth-order valence-electron chi connectivity index (χ4n) is 2.58. The molecule has 1 fully saturated rings. The van der Waals surface area contributed by atoms with E-state index >= 15 is 0 Å². The molecule has 1 aliphatic carbocycles. The lowest BCUT2D eigenvalue weighted by molar-refractivity contribution is 0.229. The van der Waals surface area contributed by atoms with Crippen molar-refractivity contribution in [3.8, 4) is 11.5 Å². The second kappa shape index (κ2) is 5.27. The van der Waals surface area contributed by atoms with Crippen molar-refractivity contribution in [2.24, 2.45) is 5.73 Å². The highest BCUT2D eigenvalue weighted by Crippen LogP contribution is 2.36. The molecule has 7 heteroatoms. The average Bonchev–Trinajstić information content (AvgIpc) is 3.16. The van der Waals surface area contributed by atoms with E-state index < -0.39 is 5.54 Å². The van der Waals surface area contributed by atoms with Gasteiger partial charge in [-0.05, 0) is 43.5 Å². The summed E-state index contributed by atoms with van der Waals surface area (Å²) in [5.74, 6) is 1.14. The molecule has 0 amide bonds. The summed E-state index contributed by atoms with van der Waals surface area (Å²) in [6, 6.07) is 5.96. The Balaban J connectivity index is 1.50. The van der Waals surface area contributed by atoms with Crippen LogP contribution in [-0.2, 0) is 12.0 Å². The minimum absolute atomic E-state index is 0.300. The third kappa shape index (κ3) is 2.63. The number of hydrogen-bond acceptors (Lipinski definition) is 6. The number of halogens is 1. The molecule has 2 aromatic heterocycles. The molecule has 0 radical (unpaired) electrons. The number of aromatic nitrogens is 3. The molecular weight excluding hydrogens is 299 g/mol. The van der Waals surface area contributed by atoms with Crippen molar-refractivity contribution < 1.29 is 13.3 Å². The van der Waals surface area contributed by atoms with E-state index in [1.165, 1.54) is 18.4 Å². The van der Waals surface area contributed by atoms with Gasteiger partial charge in [-0.15, -0.1) is 0 Å². The van der Waals surface area contributed by atoms with Crippen LogP contribution in [0, 0.1) is 5.82 Å². The molecule has 1 aliphatic rings. The molecule has 2 heterocycles. The van der Waals surface area contributed by atoms with Crippen LogP contribution in [0.2, 0.25) is 0 Å². The van der Waals surface area contributed by atoms with Gasteiger partial charge in [-0.25, -0.2) is 9.37 Å². The van der Waals surface area contributed by atoms with Gasteiger partial charge in [0.25, 0.3) is 0 Å². The van der Waals surface area contributed by atoms with Gasteiger partial charge >= 0.3 is 0 Å². The van der Waals surface area contributed by atoms with Gasteiger partial charge in [0, 0.05) is 5.56 Å². The molecule has 0 aliphatic heterocycles. The van der Waals surface area contributed by atoms with E-state index in [1.807, 2.05) is 0 Å². The van der Waals surface area contributed by atoms with Crippen molar-refractivity contribution in [1.82, 2.24) is 15.1 Å². The zero-order valence-corrected chi connectivity index (χ0v) is 12.3. The summed E-state index contributed by atoms with van der Waals surface area (Å²) in [6.45, 7) is 0. The molecule has 0 spiro atoms. The Hall–Kier alpha value is -2.54. The van der Waals surface area contributed by atoms with Crippen LogP contribution in [0.3, 0.4) is 0 Å². The number of hydrogen-bond donors (Lipinski definition) is 1. The monoisotopic (exact) mass is 314 g/mol. The van der Waals surface area contributed by atoms with E-state index in [1.54, 1.807) is 12.1 Å². The van der Waals surface area contributed by atoms with Crippen LogP contribution < -0.4 is 5.73 Å². The van der Waals surface area contributed by atoms with Crippen molar-refractivity contribution in [2.75, 3.05) is 0 Å². The van der Waals surface area contributed by atoms with Crippen molar-refractivity contribution >= 4 is 0 Å². The SMILES string of the molecule is NC1(c2noc(Cc3coc(-c4ccc(F)cc4)n3)n2)CCC1. The maximum absolute atomic E-state index is 12.9. The molecule has 0 bridgehead atoms. The molecule has 4 rings (SSSR count). The second-order valence-electron chi connectivity index (χ2n) is 5.85. The second-order valence-corrected chi connectivity index (χ2v) is 5.85. The minimum Gasteiger partial charge on any atom is -0.444 e. The van der Waals surface area contributed by atoms with E-state index in [-0.39, 0.29) is 5.82 Å². The van der Waals surface area contributed by atoms with E-state index in [0.717, 1.165) is 19.3 Å². The number of oxazole rings is 1. The minimum atomic E-state index is -0.440. The quantitative estimate of drug-likeness (QED) is 0.796. The third-order valence-electron chi connectivity index (χ3n) is 4.13. The Kier molecular flexibility index (Phi) is 3.23. The molecule has 0 saturated heterocycles. The summed E-state index contributed by atoms with van der Waals surface area (Å²) in [5, 5.41) is 3.97. The van der Waals surface area contributed by atoms with Crippen LogP contribution in [-0.4, -0.2) is 15.1 Å². The summed E-state index contributed by atoms with van der Waals surface area (Å²) < 4.78 is 23.6. The van der Waals surface area contributed by atoms with Gasteiger partial charge in [0.1, 0.15) is 12.1 Å². The van der Waals surface area contributed by atoms with Crippen LogP contribution in [0.15, 0.2) is 39.5 Å². The average molecular weight is 314 g/mol. The maximum atomic E-state index is 12.9. The van der Waals surface area contributed by atoms with Crippen LogP contribution >= 0.6 is 0 Å². The Morgan fingerprint density at radius 1 is 1.17 bits per heavy atom. The first-order valence-electron chi connectivity index (χ1n) is 7.45. The molecule has 118 valence electrons. The van der Waals surface area contributed by atoms with E-state index in [2.05, 4.69) is 15.1 Å². The van der Waals surface area contributed by atoms with Gasteiger partial charge in [-0.1, -0.05) is 5.16 Å². The molecule has 3 aromatic rings. The number of nitrogens with zero attached hydrogens (tertiary/aromatic N) is 3. The summed E-state index contributed by atoms with van der Waals surface area (Å²) in [7, 11) is 0. The number of nitrogens with two attached hydrogens (primary N) is 1. The lowest BCUT2D eigenvalue weighted by Gasteiger charge is -2.34. The molecule has 6 nitrogen and oxygen atoms in total. The Morgan fingerprint density at radius 3 is 2.65 bits per heavy atom. The zero-order valence-electron chi connectivity index (χ0n) is 12.3. The van der Waals surface area contributed by atoms with Gasteiger partial charge in [-0.3, -0.25) is 0 Å². The molecular formula is C16H15FN4O2. The largest absolute Gasteiger partial charge is 0.444 e. The van der Waals surface area contributed by atoms with Gasteiger partial charge in [0.2, 0.25) is 11.8 Å². The number of rotatable bonds is 4. The Morgan fingerprint density at radius 2 is 1.96 bits per heavy atom. The zero-order chi connectivity index (χ0) is 15.9. The van der Waals surface area contributed by atoms with Crippen LogP contribution in [0.5, 0.6) is 0 Å². The first-order chi connectivity index (χ1) is 11.1. The molecule has 1 aromatic carbocycles. The Labute approximate surface area is 131 Å². The molecule has 0 atom stereocenters. The lowest BCUT2D eigenvalue weighted by Crippen LogP contribution is -2.44. The van der Waals surface area contributed by atoms with Gasteiger partial charge < -0.3 is 14.7 Å². The van der Waals surface area contributed by atoms with Crippen molar-refractivity contribution in [1.29, 1.82) is 0 Å². The van der Waals surface area contributed by atoms with Crippen molar-refractivity contribution in [2.45, 2.75) is 31.2 Å². The first-order valence-corrected chi connectivity index (χ1v) is 7.45. The Bertz CT molecular complexity index is 821. The summed E-state index contributed by atoms with van der Waals surface area (Å²) in [6.07, 6.45) is 4.75. The third-order valence-corrected chi connectivity index (χ3v) is 4.13. The van der Waals surface area contributed by atoms with Gasteiger partial charge in [-0.2, -0.15) is 4.98 Å². The topological polar surface area (TPSA) is 91.0 Å². The first kappa shape index (κ1) is 14.1. The van der Waals surface area contributed by atoms with Crippen LogP contribution in [0.25, 0.3) is 11.5 Å². The summed E-state index contributed by atoms with van der Waals surface area (Å²) >= 11 is 0. The van der Waals surface area contributed by atoms with Gasteiger partial charge in [0.15, 0.2) is 5.82 Å². The molecule has 1 saturated carbocycles. The lowest BCUT2D eigenvalue weighted by atomic mass is 9.77. The van der Waals surface area contributed by atoms with E-state index in [9.17, 15) is 4.39 Å². The van der Waals surface area contributed by atoms with Crippen molar-refractivity contribution in [3.05, 3.63) is 53.8 Å². The van der Waals surface area contributed by atoms with Gasteiger partial charge in [0.05, 0.1) is 17.7 Å². The maximum Gasteiger partial charge on any atom is 0.232 e. The van der Waals surface area contributed by atoms with Crippen molar-refractivity contribution in [3.63, 3.8) is 0 Å². The van der Waals surface area contributed by atoms with Crippen LogP contribution in [0.4, 0.5) is 4.39 Å². The standard InChI is InChI=1S/C16H15FN4O2/c17-11-4-2-10(3-5-11)14-19-12(9-22-14)8-13-20-15(21-23-13)16(18)6-1-7-16/h2-5,9H,1,6-8,18H2. The highest BCUT2D eigenvalue weighted by Gasteiger charge is 2.39. The predicted molar refractivity (Wildman–Crippen MR) is 78.7 cm³/mol. The summed E-state index contributed by atoms with van der Waals surface area (Å²) in [5.41, 5.74) is 7.11. The molecule has 2 N–H and O–H groups in total. The van der Waals surface area contributed by atoms with E-state index in [4.69, 9.17) is 14.7 Å². The van der Waals surface area contributed by atoms with Crippen LogP contribution in [0.1, 0.15) is 36.7 Å². The smallest absolute Gasteiger partial charge is 0.232 e. The predicted octanol–water partition coefficient (Wildman–Crippen LogP) is 2.79. The van der Waals surface area contributed by atoms with E-state index in [0.29, 0.717) is 35.3 Å². The fraction of sp³-hybridized carbons (Fsp3) is 0.312. The molecule has 23 heavy (non-hydrogen) atoms.